The van der Waals surface area contributed by atoms with E-state index < -0.39 is 0 Å². The van der Waals surface area contributed by atoms with Gasteiger partial charge in [-0.1, -0.05) is 6.42 Å². The summed E-state index contributed by atoms with van der Waals surface area (Å²) in [5.74, 6) is 0.562. The van der Waals surface area contributed by atoms with Crippen molar-refractivity contribution in [2.75, 3.05) is 5.73 Å². The molecule has 4 heteroatoms. The Bertz CT molecular complexity index is 511. The lowest BCUT2D eigenvalue weighted by Gasteiger charge is -2.23. The monoisotopic (exact) mass is 202 g/mol. The summed E-state index contributed by atoms with van der Waals surface area (Å²) in [6.45, 7) is 2.01. The fraction of sp³-hybridized carbons (Fsp3) is 0.455. The fourth-order valence-corrected chi connectivity index (χ4v) is 2.05. The first-order chi connectivity index (χ1) is 7.25. The van der Waals surface area contributed by atoms with E-state index in [1.54, 1.807) is 4.52 Å². The Morgan fingerprint density at radius 1 is 1.47 bits per heavy atom. The quantitative estimate of drug-likeness (QED) is 0.768. The van der Waals surface area contributed by atoms with Gasteiger partial charge in [-0.25, -0.2) is 9.50 Å². The standard InChI is InChI=1S/C11H14N4/c1-7-5-13-11-9(12)10(8-3-2-4-8)14-15(11)6-7/h5-6,8H,2-4,12H2,1H3. The van der Waals surface area contributed by atoms with Crippen LogP contribution >= 0.6 is 0 Å². The predicted molar refractivity (Wildman–Crippen MR) is 58.7 cm³/mol. The summed E-state index contributed by atoms with van der Waals surface area (Å²) in [5.41, 5.74) is 9.75. The first kappa shape index (κ1) is 8.71. The van der Waals surface area contributed by atoms with Crippen LogP contribution in [-0.2, 0) is 0 Å². The van der Waals surface area contributed by atoms with Crippen molar-refractivity contribution < 1.29 is 0 Å². The van der Waals surface area contributed by atoms with Crippen LogP contribution in [0.2, 0.25) is 0 Å². The zero-order valence-corrected chi connectivity index (χ0v) is 8.77. The second-order valence-corrected chi connectivity index (χ2v) is 4.33. The van der Waals surface area contributed by atoms with E-state index in [9.17, 15) is 0 Å². The third kappa shape index (κ3) is 1.21. The molecule has 1 aliphatic carbocycles. The number of hydrogen-bond donors (Lipinski definition) is 1. The summed E-state index contributed by atoms with van der Waals surface area (Å²) >= 11 is 0. The van der Waals surface area contributed by atoms with E-state index in [4.69, 9.17) is 5.73 Å². The molecule has 1 fully saturated rings. The van der Waals surface area contributed by atoms with Crippen molar-refractivity contribution >= 4 is 11.3 Å². The third-order valence-electron chi connectivity index (χ3n) is 3.16. The molecule has 78 valence electrons. The molecule has 0 aliphatic heterocycles. The van der Waals surface area contributed by atoms with E-state index in [0.29, 0.717) is 5.92 Å². The Morgan fingerprint density at radius 3 is 2.93 bits per heavy atom. The molecule has 0 spiro atoms. The number of fused-ring (bicyclic) bond motifs is 1. The molecule has 2 aromatic rings. The highest BCUT2D eigenvalue weighted by Gasteiger charge is 2.25. The van der Waals surface area contributed by atoms with Crippen molar-refractivity contribution in [1.82, 2.24) is 14.6 Å². The Hall–Kier alpha value is -1.58. The van der Waals surface area contributed by atoms with Gasteiger partial charge in [0.15, 0.2) is 5.65 Å². The first-order valence-corrected chi connectivity index (χ1v) is 5.36. The van der Waals surface area contributed by atoms with Crippen LogP contribution in [0.1, 0.15) is 36.4 Å². The molecule has 3 rings (SSSR count). The molecule has 2 N–H and O–H groups in total. The van der Waals surface area contributed by atoms with Crippen LogP contribution in [0.4, 0.5) is 5.69 Å². The van der Waals surface area contributed by atoms with Gasteiger partial charge in [0, 0.05) is 18.3 Å². The Labute approximate surface area is 88.1 Å². The lowest BCUT2D eigenvalue weighted by molar-refractivity contribution is 0.410. The molecule has 0 radical (unpaired) electrons. The number of nitrogens with two attached hydrogens (primary N) is 1. The van der Waals surface area contributed by atoms with Crippen molar-refractivity contribution in [1.29, 1.82) is 0 Å². The lowest BCUT2D eigenvalue weighted by Crippen LogP contribution is -2.11. The topological polar surface area (TPSA) is 56.2 Å². The van der Waals surface area contributed by atoms with E-state index in [0.717, 1.165) is 22.6 Å². The van der Waals surface area contributed by atoms with Crippen molar-refractivity contribution in [3.05, 3.63) is 23.7 Å². The molecule has 1 saturated carbocycles. The average Bonchev–Trinajstić information content (AvgIpc) is 2.41. The van der Waals surface area contributed by atoms with E-state index in [1.165, 1.54) is 19.3 Å². The van der Waals surface area contributed by atoms with Gasteiger partial charge in [-0.15, -0.1) is 0 Å². The summed E-state index contributed by atoms with van der Waals surface area (Å²) < 4.78 is 1.80. The maximum Gasteiger partial charge on any atom is 0.178 e. The van der Waals surface area contributed by atoms with Gasteiger partial charge < -0.3 is 5.73 Å². The first-order valence-electron chi connectivity index (χ1n) is 5.36. The second-order valence-electron chi connectivity index (χ2n) is 4.33. The van der Waals surface area contributed by atoms with Crippen LogP contribution in [0.5, 0.6) is 0 Å². The van der Waals surface area contributed by atoms with Crippen LogP contribution in [0.3, 0.4) is 0 Å². The third-order valence-corrected chi connectivity index (χ3v) is 3.16. The van der Waals surface area contributed by atoms with Crippen LogP contribution in [0.15, 0.2) is 12.4 Å². The van der Waals surface area contributed by atoms with Gasteiger partial charge in [0.1, 0.15) is 5.69 Å². The number of rotatable bonds is 1. The molecule has 0 saturated heterocycles. The molecule has 0 unspecified atom stereocenters. The highest BCUT2D eigenvalue weighted by Crippen LogP contribution is 2.38. The highest BCUT2D eigenvalue weighted by atomic mass is 15.3. The van der Waals surface area contributed by atoms with Crippen molar-refractivity contribution in [3.63, 3.8) is 0 Å². The fourth-order valence-electron chi connectivity index (χ4n) is 2.05. The number of anilines is 1. The summed E-state index contributed by atoms with van der Waals surface area (Å²) in [7, 11) is 0. The minimum absolute atomic E-state index is 0.562. The second kappa shape index (κ2) is 2.95. The van der Waals surface area contributed by atoms with Crippen molar-refractivity contribution in [2.45, 2.75) is 32.1 Å². The minimum atomic E-state index is 0.562. The average molecular weight is 202 g/mol. The van der Waals surface area contributed by atoms with Crippen LogP contribution < -0.4 is 5.73 Å². The number of nitrogen functional groups attached to an aromatic ring is 1. The van der Waals surface area contributed by atoms with Crippen LogP contribution in [-0.4, -0.2) is 14.6 Å². The highest BCUT2D eigenvalue weighted by molar-refractivity contribution is 5.68. The molecular formula is C11H14N4. The summed E-state index contributed by atoms with van der Waals surface area (Å²) in [4.78, 5) is 4.32. The van der Waals surface area contributed by atoms with Crippen molar-refractivity contribution in [2.24, 2.45) is 0 Å². The van der Waals surface area contributed by atoms with Crippen molar-refractivity contribution in [3.8, 4) is 0 Å². The zero-order valence-electron chi connectivity index (χ0n) is 8.77. The number of aryl methyl sites for hydroxylation is 1. The van der Waals surface area contributed by atoms with Gasteiger partial charge in [0.25, 0.3) is 0 Å². The van der Waals surface area contributed by atoms with E-state index in [1.807, 2.05) is 19.3 Å². The van der Waals surface area contributed by atoms with Crippen LogP contribution in [0.25, 0.3) is 5.65 Å². The van der Waals surface area contributed by atoms with E-state index in [2.05, 4.69) is 10.1 Å². The Balaban J connectivity index is 2.19. The van der Waals surface area contributed by atoms with Gasteiger partial charge in [-0.2, -0.15) is 5.10 Å². The summed E-state index contributed by atoms with van der Waals surface area (Å²) in [6, 6.07) is 0. The van der Waals surface area contributed by atoms with Gasteiger partial charge in [-0.05, 0) is 25.3 Å². The Kier molecular flexibility index (Phi) is 1.71. The molecule has 0 atom stereocenters. The maximum atomic E-state index is 6.05. The smallest absolute Gasteiger partial charge is 0.178 e. The predicted octanol–water partition coefficient (Wildman–Crippen LogP) is 1.89. The number of hydrogen-bond acceptors (Lipinski definition) is 3. The molecule has 1 aliphatic rings. The molecule has 0 amide bonds. The minimum Gasteiger partial charge on any atom is -0.394 e. The maximum absolute atomic E-state index is 6.05. The zero-order chi connectivity index (χ0) is 10.4. The van der Waals surface area contributed by atoms with Gasteiger partial charge in [0.05, 0.1) is 5.69 Å². The summed E-state index contributed by atoms with van der Waals surface area (Å²) in [5, 5.41) is 4.52. The number of nitrogens with zero attached hydrogens (tertiary/aromatic N) is 3. The summed E-state index contributed by atoms with van der Waals surface area (Å²) in [6.07, 6.45) is 7.53. The lowest BCUT2D eigenvalue weighted by atomic mass is 9.82. The SMILES string of the molecule is Cc1cnc2c(N)c(C3CCC3)nn2c1. The molecule has 4 nitrogen and oxygen atoms in total. The normalized spacial score (nSPS) is 16.9. The van der Waals surface area contributed by atoms with Gasteiger partial charge in [-0.3, -0.25) is 0 Å². The molecule has 2 heterocycles. The number of aromatic nitrogens is 3. The van der Waals surface area contributed by atoms with Gasteiger partial charge in [0.2, 0.25) is 0 Å². The molecule has 0 aromatic carbocycles. The largest absolute Gasteiger partial charge is 0.394 e. The van der Waals surface area contributed by atoms with Gasteiger partial charge >= 0.3 is 0 Å². The Morgan fingerprint density at radius 2 is 2.27 bits per heavy atom. The van der Waals surface area contributed by atoms with E-state index >= 15 is 0 Å². The molecule has 0 bridgehead atoms. The van der Waals surface area contributed by atoms with E-state index in [-0.39, 0.29) is 0 Å². The molecular weight excluding hydrogens is 188 g/mol. The molecule has 2 aromatic heterocycles. The molecule has 15 heavy (non-hydrogen) atoms. The van der Waals surface area contributed by atoms with Crippen LogP contribution in [0, 0.1) is 6.92 Å².